The molecule has 3 fully saturated rings. The molecule has 1 spiro atoms. The van der Waals surface area contributed by atoms with E-state index in [2.05, 4.69) is 37.1 Å². The van der Waals surface area contributed by atoms with Crippen molar-refractivity contribution in [2.75, 3.05) is 62.2 Å². The lowest BCUT2D eigenvalue weighted by atomic mass is 9.79. The molecule has 3 saturated heterocycles. The number of carbonyl (C=O) groups excluding carboxylic acids is 1. The van der Waals surface area contributed by atoms with Gasteiger partial charge in [0.2, 0.25) is 0 Å². The van der Waals surface area contributed by atoms with Gasteiger partial charge in [-0.3, -0.25) is 4.79 Å². The van der Waals surface area contributed by atoms with Gasteiger partial charge in [0, 0.05) is 81.9 Å². The Morgan fingerprint density at radius 2 is 1.96 bits per heavy atom. The van der Waals surface area contributed by atoms with Crippen molar-refractivity contribution in [1.29, 1.82) is 0 Å². The maximum atomic E-state index is 10.5. The number of hydrogen-bond donors (Lipinski definition) is 1. The van der Waals surface area contributed by atoms with E-state index >= 15 is 0 Å². The number of nitrogens with one attached hydrogen (secondary N) is 1. The number of nitrogens with zero attached hydrogens (tertiary/aromatic N) is 4. The fraction of sp³-hybridized carbons (Fsp3) is 0.556. The first-order chi connectivity index (χ1) is 11.8. The van der Waals surface area contributed by atoms with Crippen LogP contribution in [0.4, 0.5) is 11.5 Å². The highest BCUT2D eigenvalue weighted by molar-refractivity contribution is 5.64. The van der Waals surface area contributed by atoms with Crippen molar-refractivity contribution >= 4 is 17.8 Å². The standard InChI is InChI=1S/C18H25N5O/c24-11-1-7-21-8-3-18(13-21)14-23(15-18)17-12-16(2-4-20-17)22-9-5-19-6-10-22/h1-2,4,7,11-12,19H,3,5-6,8-10,13-15H2/b7-1+. The smallest absolute Gasteiger partial charge is 0.144 e. The molecule has 6 heteroatoms. The maximum absolute atomic E-state index is 10.5. The van der Waals surface area contributed by atoms with Gasteiger partial charge in [0.1, 0.15) is 12.1 Å². The van der Waals surface area contributed by atoms with Crippen LogP contribution in [0.15, 0.2) is 30.6 Å². The summed E-state index contributed by atoms with van der Waals surface area (Å²) >= 11 is 0. The number of hydrogen-bond acceptors (Lipinski definition) is 6. The third-order valence-electron chi connectivity index (χ3n) is 5.43. The largest absolute Gasteiger partial charge is 0.377 e. The molecule has 1 aromatic rings. The fourth-order valence-corrected chi connectivity index (χ4v) is 4.14. The van der Waals surface area contributed by atoms with Crippen LogP contribution in [0.5, 0.6) is 0 Å². The Morgan fingerprint density at radius 1 is 1.12 bits per heavy atom. The van der Waals surface area contributed by atoms with Crippen LogP contribution in [0, 0.1) is 5.41 Å². The Balaban J connectivity index is 1.38. The number of allylic oxidation sites excluding steroid dienone is 1. The van der Waals surface area contributed by atoms with Crippen molar-refractivity contribution in [3.63, 3.8) is 0 Å². The highest BCUT2D eigenvalue weighted by atomic mass is 16.1. The summed E-state index contributed by atoms with van der Waals surface area (Å²) in [4.78, 5) is 22.1. The van der Waals surface area contributed by atoms with E-state index in [-0.39, 0.29) is 0 Å². The molecule has 4 rings (SSSR count). The third-order valence-corrected chi connectivity index (χ3v) is 5.43. The number of anilines is 2. The zero-order valence-electron chi connectivity index (χ0n) is 14.0. The number of aldehydes is 1. The van der Waals surface area contributed by atoms with Crippen LogP contribution >= 0.6 is 0 Å². The molecule has 0 aromatic carbocycles. The van der Waals surface area contributed by atoms with Crippen LogP contribution in [-0.4, -0.2) is 68.5 Å². The summed E-state index contributed by atoms with van der Waals surface area (Å²) in [5.41, 5.74) is 1.66. The van der Waals surface area contributed by atoms with Crippen molar-refractivity contribution in [2.45, 2.75) is 6.42 Å². The predicted octanol–water partition coefficient (Wildman–Crippen LogP) is 0.716. The molecule has 0 bridgehead atoms. The molecule has 3 aliphatic rings. The molecule has 0 amide bonds. The van der Waals surface area contributed by atoms with E-state index in [1.54, 1.807) is 6.08 Å². The molecule has 0 saturated carbocycles. The van der Waals surface area contributed by atoms with Gasteiger partial charge in [-0.2, -0.15) is 0 Å². The van der Waals surface area contributed by atoms with Crippen LogP contribution < -0.4 is 15.1 Å². The summed E-state index contributed by atoms with van der Waals surface area (Å²) in [7, 11) is 0. The van der Waals surface area contributed by atoms with Gasteiger partial charge in [-0.1, -0.05) is 0 Å². The summed E-state index contributed by atoms with van der Waals surface area (Å²) in [6.07, 6.45) is 7.50. The molecule has 0 unspecified atom stereocenters. The zero-order chi connectivity index (χ0) is 16.4. The summed E-state index contributed by atoms with van der Waals surface area (Å²) in [6, 6.07) is 4.35. The summed E-state index contributed by atoms with van der Waals surface area (Å²) < 4.78 is 0. The third kappa shape index (κ3) is 2.98. The lowest BCUT2D eigenvalue weighted by molar-refractivity contribution is -0.104. The van der Waals surface area contributed by atoms with Gasteiger partial charge in [0.05, 0.1) is 0 Å². The minimum absolute atomic E-state index is 0.375. The lowest BCUT2D eigenvalue weighted by Gasteiger charge is -2.48. The van der Waals surface area contributed by atoms with Crippen molar-refractivity contribution in [3.05, 3.63) is 30.6 Å². The quantitative estimate of drug-likeness (QED) is 0.649. The second kappa shape index (κ2) is 6.43. The fourth-order valence-electron chi connectivity index (χ4n) is 4.14. The van der Waals surface area contributed by atoms with Gasteiger partial charge in [-0.05, 0) is 18.6 Å². The molecule has 24 heavy (non-hydrogen) atoms. The second-order valence-electron chi connectivity index (χ2n) is 7.16. The minimum Gasteiger partial charge on any atom is -0.377 e. The molecular weight excluding hydrogens is 302 g/mol. The summed E-state index contributed by atoms with van der Waals surface area (Å²) in [5, 5.41) is 3.40. The molecule has 4 heterocycles. The van der Waals surface area contributed by atoms with Crippen LogP contribution in [0.2, 0.25) is 0 Å². The van der Waals surface area contributed by atoms with Crippen LogP contribution in [0.25, 0.3) is 0 Å². The van der Waals surface area contributed by atoms with Gasteiger partial charge in [-0.25, -0.2) is 4.98 Å². The highest BCUT2D eigenvalue weighted by Gasteiger charge is 2.47. The maximum Gasteiger partial charge on any atom is 0.144 e. The van der Waals surface area contributed by atoms with E-state index in [1.165, 1.54) is 12.1 Å². The molecule has 1 N–H and O–H groups in total. The Kier molecular flexibility index (Phi) is 4.14. The van der Waals surface area contributed by atoms with E-state index < -0.39 is 0 Å². The summed E-state index contributed by atoms with van der Waals surface area (Å²) in [6.45, 7) is 8.45. The van der Waals surface area contributed by atoms with E-state index in [9.17, 15) is 4.79 Å². The molecule has 0 aliphatic carbocycles. The Labute approximate surface area is 143 Å². The first kappa shape index (κ1) is 15.4. The highest BCUT2D eigenvalue weighted by Crippen LogP contribution is 2.41. The topological polar surface area (TPSA) is 51.7 Å². The van der Waals surface area contributed by atoms with E-state index in [1.807, 2.05) is 12.4 Å². The molecule has 1 aromatic heterocycles. The number of likely N-dealkylation sites (tertiary alicyclic amines) is 1. The van der Waals surface area contributed by atoms with Gasteiger partial charge >= 0.3 is 0 Å². The molecule has 0 atom stereocenters. The molecule has 6 nitrogen and oxygen atoms in total. The molecular formula is C18H25N5O. The van der Waals surface area contributed by atoms with Gasteiger partial charge in [0.15, 0.2) is 0 Å². The number of pyridine rings is 1. The molecule has 0 radical (unpaired) electrons. The number of carbonyl (C=O) groups is 1. The Bertz CT molecular complexity index is 620. The predicted molar refractivity (Wildman–Crippen MR) is 95.4 cm³/mol. The Morgan fingerprint density at radius 3 is 2.75 bits per heavy atom. The van der Waals surface area contributed by atoms with Gasteiger partial charge < -0.3 is 20.0 Å². The average molecular weight is 327 g/mol. The van der Waals surface area contributed by atoms with Crippen LogP contribution in [0.1, 0.15) is 6.42 Å². The first-order valence-electron chi connectivity index (χ1n) is 8.81. The summed E-state index contributed by atoms with van der Waals surface area (Å²) in [5.74, 6) is 1.10. The normalized spacial score (nSPS) is 23.1. The van der Waals surface area contributed by atoms with Crippen LogP contribution in [-0.2, 0) is 4.79 Å². The molecule has 128 valence electrons. The molecule has 3 aliphatic heterocycles. The Hall–Kier alpha value is -2.08. The lowest BCUT2D eigenvalue weighted by Crippen LogP contribution is -2.57. The van der Waals surface area contributed by atoms with Crippen LogP contribution in [0.3, 0.4) is 0 Å². The van der Waals surface area contributed by atoms with Crippen molar-refractivity contribution in [3.8, 4) is 0 Å². The van der Waals surface area contributed by atoms with Crippen molar-refractivity contribution < 1.29 is 4.79 Å². The van der Waals surface area contributed by atoms with E-state index in [0.29, 0.717) is 5.41 Å². The van der Waals surface area contributed by atoms with Crippen molar-refractivity contribution in [1.82, 2.24) is 15.2 Å². The number of piperazine rings is 1. The zero-order valence-corrected chi connectivity index (χ0v) is 14.0. The van der Waals surface area contributed by atoms with E-state index in [0.717, 1.165) is 64.5 Å². The van der Waals surface area contributed by atoms with Gasteiger partial charge in [-0.15, -0.1) is 0 Å². The monoisotopic (exact) mass is 327 g/mol. The van der Waals surface area contributed by atoms with E-state index in [4.69, 9.17) is 0 Å². The number of aromatic nitrogens is 1. The average Bonchev–Trinajstić information content (AvgIpc) is 3.04. The SMILES string of the molecule is O=C/C=C/N1CCC2(C1)CN(c1cc(N3CCNCC3)ccn1)C2. The number of rotatable bonds is 4. The first-order valence-corrected chi connectivity index (χ1v) is 8.81. The van der Waals surface area contributed by atoms with Gasteiger partial charge in [0.25, 0.3) is 0 Å². The second-order valence-corrected chi connectivity index (χ2v) is 7.16. The van der Waals surface area contributed by atoms with Crippen molar-refractivity contribution in [2.24, 2.45) is 5.41 Å². The minimum atomic E-state index is 0.375.